The number of nitrogens with zero attached hydrogens (tertiary/aromatic N) is 2. The molecule has 0 amide bonds. The van der Waals surface area contributed by atoms with Crippen molar-refractivity contribution < 1.29 is 9.31 Å². The Hall–Kier alpha value is -1.53. The highest BCUT2D eigenvalue weighted by atomic mass is 19.1. The monoisotopic (exact) mass is 267 g/mol. The molecule has 1 unspecified atom stereocenters. The summed E-state index contributed by atoms with van der Waals surface area (Å²) < 4.78 is 13.8. The molecule has 0 radical (unpaired) electrons. The van der Waals surface area contributed by atoms with Crippen LogP contribution < -0.4 is 5.32 Å². The normalized spacial score (nSPS) is 20.4. The average molecular weight is 267 g/mol. The highest BCUT2D eigenvalue weighted by molar-refractivity contribution is 5.40. The van der Waals surface area contributed by atoms with Crippen molar-refractivity contribution >= 4 is 5.69 Å². The summed E-state index contributed by atoms with van der Waals surface area (Å²) >= 11 is 0. The summed E-state index contributed by atoms with van der Waals surface area (Å²) in [5, 5.41) is 14.1. The van der Waals surface area contributed by atoms with E-state index >= 15 is 0 Å². The largest absolute Gasteiger partial charge is 0.316 e. The number of likely N-dealkylation sites (N-methyl/N-ethyl adjacent to an activating group) is 1. The number of piperidine rings is 1. The van der Waals surface area contributed by atoms with Gasteiger partial charge in [-0.2, -0.15) is 0 Å². The molecule has 0 aromatic heterocycles. The zero-order valence-corrected chi connectivity index (χ0v) is 10.9. The molecule has 1 aromatic carbocycles. The van der Waals surface area contributed by atoms with E-state index in [1.165, 1.54) is 18.2 Å². The van der Waals surface area contributed by atoms with Crippen LogP contribution >= 0.6 is 0 Å². The van der Waals surface area contributed by atoms with Crippen LogP contribution in [-0.4, -0.2) is 36.0 Å². The van der Waals surface area contributed by atoms with Gasteiger partial charge >= 0.3 is 0 Å². The molecule has 2 rings (SSSR count). The molecule has 1 aliphatic heterocycles. The van der Waals surface area contributed by atoms with Crippen molar-refractivity contribution in [2.24, 2.45) is 0 Å². The third kappa shape index (κ3) is 3.27. The fourth-order valence-electron chi connectivity index (χ4n) is 2.53. The Labute approximate surface area is 111 Å². The zero-order valence-electron chi connectivity index (χ0n) is 10.9. The third-order valence-electron chi connectivity index (χ3n) is 3.59. The van der Waals surface area contributed by atoms with E-state index in [4.69, 9.17) is 0 Å². The fraction of sp³-hybridized carbons (Fsp3) is 0.538. The van der Waals surface area contributed by atoms with Crippen molar-refractivity contribution in [3.63, 3.8) is 0 Å². The molecule has 5 nitrogen and oxygen atoms in total. The van der Waals surface area contributed by atoms with Crippen LogP contribution in [0.15, 0.2) is 18.2 Å². The maximum absolute atomic E-state index is 13.8. The first-order valence-corrected chi connectivity index (χ1v) is 6.43. The Morgan fingerprint density at radius 3 is 3.05 bits per heavy atom. The van der Waals surface area contributed by atoms with Gasteiger partial charge in [0.15, 0.2) is 0 Å². The van der Waals surface area contributed by atoms with E-state index < -0.39 is 10.7 Å². The quantitative estimate of drug-likeness (QED) is 0.669. The van der Waals surface area contributed by atoms with Crippen molar-refractivity contribution in [1.82, 2.24) is 10.2 Å². The smallest absolute Gasteiger partial charge is 0.276 e. The minimum absolute atomic E-state index is 0.133. The van der Waals surface area contributed by atoms with E-state index in [1.54, 1.807) is 0 Å². The van der Waals surface area contributed by atoms with Crippen molar-refractivity contribution in [3.8, 4) is 0 Å². The Kier molecular flexibility index (Phi) is 4.44. The minimum atomic E-state index is -0.516. The lowest BCUT2D eigenvalue weighted by molar-refractivity contribution is -0.386. The van der Waals surface area contributed by atoms with Crippen molar-refractivity contribution in [2.45, 2.75) is 25.4 Å². The zero-order chi connectivity index (χ0) is 13.8. The molecule has 1 aliphatic rings. The Balaban J connectivity index is 2.16. The Bertz CT molecular complexity index is 467. The van der Waals surface area contributed by atoms with Gasteiger partial charge in [-0.1, -0.05) is 6.07 Å². The van der Waals surface area contributed by atoms with Crippen LogP contribution in [0.25, 0.3) is 0 Å². The van der Waals surface area contributed by atoms with Crippen LogP contribution in [0.5, 0.6) is 0 Å². The molecule has 19 heavy (non-hydrogen) atoms. The van der Waals surface area contributed by atoms with E-state index in [0.29, 0.717) is 12.6 Å². The second kappa shape index (κ2) is 6.08. The van der Waals surface area contributed by atoms with Gasteiger partial charge in [0.1, 0.15) is 5.82 Å². The molecule has 1 aromatic rings. The molecule has 6 heteroatoms. The topological polar surface area (TPSA) is 58.4 Å². The molecule has 0 bridgehead atoms. The number of halogens is 1. The predicted molar refractivity (Wildman–Crippen MR) is 70.4 cm³/mol. The lowest BCUT2D eigenvalue weighted by Gasteiger charge is -2.32. The van der Waals surface area contributed by atoms with E-state index in [9.17, 15) is 14.5 Å². The molecule has 1 fully saturated rings. The van der Waals surface area contributed by atoms with Gasteiger partial charge in [-0.3, -0.25) is 15.0 Å². The molecule has 0 aliphatic carbocycles. The molecule has 1 atom stereocenters. The van der Waals surface area contributed by atoms with Gasteiger partial charge in [0, 0.05) is 25.2 Å². The summed E-state index contributed by atoms with van der Waals surface area (Å²) in [6.45, 7) is 1.94. The summed E-state index contributed by atoms with van der Waals surface area (Å²) in [5.41, 5.74) is 0.0517. The molecule has 1 N–H and O–H groups in total. The standard InChI is InChI=1S/C13H18FN3O2/c1-15-10-4-3-7-16(8-10)9-11-12(14)5-2-6-13(11)17(18)19/h2,5-6,10,15H,3-4,7-9H2,1H3. The average Bonchev–Trinajstić information content (AvgIpc) is 2.41. The van der Waals surface area contributed by atoms with Gasteiger partial charge < -0.3 is 5.32 Å². The lowest BCUT2D eigenvalue weighted by Crippen LogP contribution is -2.44. The van der Waals surface area contributed by atoms with Gasteiger partial charge in [-0.05, 0) is 32.5 Å². The highest BCUT2D eigenvalue weighted by Gasteiger charge is 2.24. The number of nitrogens with one attached hydrogen (secondary N) is 1. The summed E-state index contributed by atoms with van der Waals surface area (Å²) in [5.74, 6) is -0.499. The number of rotatable bonds is 4. The first kappa shape index (κ1) is 13.9. The van der Waals surface area contributed by atoms with E-state index in [2.05, 4.69) is 10.2 Å². The van der Waals surface area contributed by atoms with Gasteiger partial charge in [-0.25, -0.2) is 4.39 Å². The van der Waals surface area contributed by atoms with E-state index in [0.717, 1.165) is 25.9 Å². The third-order valence-corrected chi connectivity index (χ3v) is 3.59. The summed E-state index contributed by atoms with van der Waals surface area (Å²) in [7, 11) is 1.90. The van der Waals surface area contributed by atoms with E-state index in [1.807, 2.05) is 7.05 Å². The Morgan fingerprint density at radius 1 is 1.58 bits per heavy atom. The summed E-state index contributed by atoms with van der Waals surface area (Å²) in [6.07, 6.45) is 2.11. The maximum Gasteiger partial charge on any atom is 0.276 e. The van der Waals surface area contributed by atoms with Gasteiger partial charge in [0.25, 0.3) is 5.69 Å². The van der Waals surface area contributed by atoms with Crippen molar-refractivity contribution in [2.75, 3.05) is 20.1 Å². The van der Waals surface area contributed by atoms with Gasteiger partial charge in [0.05, 0.1) is 10.5 Å². The van der Waals surface area contributed by atoms with Crippen LogP contribution in [0.4, 0.5) is 10.1 Å². The maximum atomic E-state index is 13.8. The fourth-order valence-corrected chi connectivity index (χ4v) is 2.53. The molecule has 1 saturated heterocycles. The highest BCUT2D eigenvalue weighted by Crippen LogP contribution is 2.24. The van der Waals surface area contributed by atoms with Crippen LogP contribution in [0.3, 0.4) is 0 Å². The molecule has 104 valence electrons. The summed E-state index contributed by atoms with van der Waals surface area (Å²) in [4.78, 5) is 12.5. The number of benzene rings is 1. The number of nitro groups is 1. The second-order valence-electron chi connectivity index (χ2n) is 4.86. The Morgan fingerprint density at radius 2 is 2.37 bits per heavy atom. The first-order valence-electron chi connectivity index (χ1n) is 6.43. The van der Waals surface area contributed by atoms with Gasteiger partial charge in [-0.15, -0.1) is 0 Å². The number of likely N-dealkylation sites (tertiary alicyclic amines) is 1. The molecule has 0 spiro atoms. The van der Waals surface area contributed by atoms with Crippen LogP contribution in [0.2, 0.25) is 0 Å². The molecular formula is C13H18FN3O2. The van der Waals surface area contributed by atoms with Gasteiger partial charge in [0.2, 0.25) is 0 Å². The van der Waals surface area contributed by atoms with Crippen LogP contribution in [0, 0.1) is 15.9 Å². The summed E-state index contributed by atoms with van der Waals surface area (Å²) in [6, 6.07) is 4.39. The SMILES string of the molecule is CNC1CCCN(Cc2c(F)cccc2[N+](=O)[O-])C1. The first-order chi connectivity index (χ1) is 9.11. The lowest BCUT2D eigenvalue weighted by atomic mass is 10.0. The second-order valence-corrected chi connectivity index (χ2v) is 4.86. The van der Waals surface area contributed by atoms with Crippen molar-refractivity contribution in [1.29, 1.82) is 0 Å². The van der Waals surface area contributed by atoms with E-state index in [-0.39, 0.29) is 11.3 Å². The number of hydrogen-bond acceptors (Lipinski definition) is 4. The van der Waals surface area contributed by atoms with Crippen LogP contribution in [-0.2, 0) is 6.54 Å². The molecular weight excluding hydrogens is 249 g/mol. The number of hydrogen-bond donors (Lipinski definition) is 1. The number of nitro benzene ring substituents is 1. The predicted octanol–water partition coefficient (Wildman–Crippen LogP) is 1.92. The molecule has 1 heterocycles. The molecule has 0 saturated carbocycles. The van der Waals surface area contributed by atoms with Crippen LogP contribution in [0.1, 0.15) is 18.4 Å². The minimum Gasteiger partial charge on any atom is -0.316 e. The van der Waals surface area contributed by atoms with Crippen molar-refractivity contribution in [3.05, 3.63) is 39.7 Å².